The van der Waals surface area contributed by atoms with Gasteiger partial charge in [-0.15, -0.1) is 12.4 Å². The highest BCUT2D eigenvalue weighted by atomic mass is 35.5. The summed E-state index contributed by atoms with van der Waals surface area (Å²) in [5.41, 5.74) is 1.00. The van der Waals surface area contributed by atoms with Crippen LogP contribution in [0, 0.1) is 0 Å². The average molecular weight is 390 g/mol. The van der Waals surface area contributed by atoms with Crippen LogP contribution >= 0.6 is 12.4 Å². The number of hydrogen-bond donors (Lipinski definition) is 0. The predicted molar refractivity (Wildman–Crippen MR) is 110 cm³/mol. The minimum absolute atomic E-state index is 0. The van der Waals surface area contributed by atoms with Gasteiger partial charge in [-0.05, 0) is 68.1 Å². The molecule has 0 N–H and O–H groups in total. The lowest BCUT2D eigenvalue weighted by Gasteiger charge is -2.36. The predicted octanol–water partition coefficient (Wildman–Crippen LogP) is 4.54. The van der Waals surface area contributed by atoms with Crippen LogP contribution in [0.5, 0.6) is 5.75 Å². The largest absolute Gasteiger partial charge is 0.497 e. The average Bonchev–Trinajstić information content (AvgIpc) is 2.87. The van der Waals surface area contributed by atoms with Crippen LogP contribution in [0.3, 0.4) is 0 Å². The fourth-order valence-corrected chi connectivity index (χ4v) is 4.50. The topological polar surface area (TPSA) is 38.8 Å². The lowest BCUT2D eigenvalue weighted by molar-refractivity contribution is -0.153. The molecule has 2 unspecified atom stereocenters. The van der Waals surface area contributed by atoms with Gasteiger partial charge in [0.05, 0.1) is 13.0 Å². The summed E-state index contributed by atoms with van der Waals surface area (Å²) in [6.45, 7) is 1.94. The zero-order valence-electron chi connectivity index (χ0n) is 16.2. The molecule has 0 spiro atoms. The second kappa shape index (κ2) is 8.07. The van der Waals surface area contributed by atoms with Crippen molar-refractivity contribution in [3.8, 4) is 5.75 Å². The molecule has 0 aliphatic carbocycles. The maximum absolute atomic E-state index is 12.7. The lowest BCUT2D eigenvalue weighted by atomic mass is 9.97. The van der Waals surface area contributed by atoms with Crippen LogP contribution in [0.4, 0.5) is 0 Å². The Morgan fingerprint density at radius 2 is 1.70 bits per heavy atom. The quantitative estimate of drug-likeness (QED) is 0.719. The summed E-state index contributed by atoms with van der Waals surface area (Å²) >= 11 is 0. The van der Waals surface area contributed by atoms with Crippen LogP contribution in [0.15, 0.2) is 36.4 Å². The molecule has 0 saturated carbocycles. The molecule has 4 atom stereocenters. The lowest BCUT2D eigenvalue weighted by Crippen LogP contribution is -2.43. The molecule has 2 fully saturated rings. The van der Waals surface area contributed by atoms with Crippen molar-refractivity contribution in [3.05, 3.63) is 42.0 Å². The molecular formula is C22H28ClNO3. The first-order valence-electron chi connectivity index (χ1n) is 9.55. The molecule has 0 aromatic heterocycles. The minimum atomic E-state index is -0.251. The van der Waals surface area contributed by atoms with Crippen LogP contribution in [0.2, 0.25) is 0 Å². The number of benzene rings is 2. The summed E-state index contributed by atoms with van der Waals surface area (Å²) in [7, 11) is 3.87. The first-order valence-corrected chi connectivity index (χ1v) is 9.55. The zero-order chi connectivity index (χ0) is 18.3. The molecule has 4 rings (SSSR count). The number of carbonyl (C=O) groups is 1. The Hall–Kier alpha value is -1.78. The van der Waals surface area contributed by atoms with Crippen molar-refractivity contribution < 1.29 is 14.3 Å². The van der Waals surface area contributed by atoms with Gasteiger partial charge in [0.15, 0.2) is 0 Å². The van der Waals surface area contributed by atoms with Crippen molar-refractivity contribution in [1.29, 1.82) is 0 Å². The fourth-order valence-electron chi connectivity index (χ4n) is 4.50. The van der Waals surface area contributed by atoms with E-state index < -0.39 is 0 Å². The number of nitrogens with zero attached hydrogens (tertiary/aromatic N) is 1. The van der Waals surface area contributed by atoms with Gasteiger partial charge in [-0.1, -0.05) is 24.3 Å². The number of rotatable bonds is 4. The molecule has 2 aliphatic heterocycles. The van der Waals surface area contributed by atoms with E-state index in [-0.39, 0.29) is 30.4 Å². The Kier molecular flexibility index (Phi) is 5.97. The molecule has 27 heavy (non-hydrogen) atoms. The Morgan fingerprint density at radius 3 is 2.37 bits per heavy atom. The van der Waals surface area contributed by atoms with Crippen molar-refractivity contribution in [1.82, 2.24) is 4.90 Å². The van der Waals surface area contributed by atoms with Crippen molar-refractivity contribution in [3.63, 3.8) is 0 Å². The van der Waals surface area contributed by atoms with E-state index in [0.29, 0.717) is 12.1 Å². The Bertz CT molecular complexity index is 810. The van der Waals surface area contributed by atoms with Crippen LogP contribution in [0.1, 0.15) is 44.1 Å². The number of halogens is 1. The van der Waals surface area contributed by atoms with Gasteiger partial charge in [-0.3, -0.25) is 4.79 Å². The molecule has 5 heteroatoms. The molecule has 2 heterocycles. The number of fused-ring (bicyclic) bond motifs is 3. The molecule has 2 aliphatic rings. The first-order chi connectivity index (χ1) is 12.5. The van der Waals surface area contributed by atoms with E-state index in [1.54, 1.807) is 7.11 Å². The number of ether oxygens (including phenoxy) is 2. The standard InChI is InChI=1S/C22H27NO3.ClH/c1-14(15-4-5-17-11-20(25-3)9-6-16(17)10-15)22(24)26-21-12-18-7-8-19(13-21)23(18)2;/h4-6,9-11,14,18-19,21H,7-8,12-13H2,1-3H3;1H/t14?,18-,19+,21?;. The van der Waals surface area contributed by atoms with Gasteiger partial charge in [-0.25, -0.2) is 0 Å². The molecule has 2 saturated heterocycles. The van der Waals surface area contributed by atoms with Crippen molar-refractivity contribution in [2.24, 2.45) is 0 Å². The third-order valence-corrected chi connectivity index (χ3v) is 6.26. The number of piperidine rings is 1. The molecule has 2 aromatic carbocycles. The van der Waals surface area contributed by atoms with Gasteiger partial charge in [-0.2, -0.15) is 0 Å². The molecular weight excluding hydrogens is 362 g/mol. The molecule has 4 nitrogen and oxygen atoms in total. The number of esters is 1. The zero-order valence-corrected chi connectivity index (χ0v) is 17.0. The van der Waals surface area contributed by atoms with Crippen LogP contribution in [-0.2, 0) is 9.53 Å². The van der Waals surface area contributed by atoms with Crippen LogP contribution in [-0.4, -0.2) is 43.2 Å². The SMILES string of the molecule is COc1ccc2cc(C(C)C(=O)OC3C[C@H]4CC[C@@H](C3)N4C)ccc2c1.Cl. The second-order valence-corrected chi connectivity index (χ2v) is 7.77. The summed E-state index contributed by atoms with van der Waals surface area (Å²) in [6.07, 6.45) is 4.49. The molecule has 0 radical (unpaired) electrons. The third-order valence-electron chi connectivity index (χ3n) is 6.26. The minimum Gasteiger partial charge on any atom is -0.497 e. The summed E-state index contributed by atoms with van der Waals surface area (Å²) in [4.78, 5) is 15.2. The van der Waals surface area contributed by atoms with Gasteiger partial charge in [0.25, 0.3) is 0 Å². The monoisotopic (exact) mass is 389 g/mol. The molecule has 2 aromatic rings. The van der Waals surface area contributed by atoms with Gasteiger partial charge in [0.1, 0.15) is 11.9 Å². The normalized spacial score (nSPS) is 25.7. The maximum Gasteiger partial charge on any atom is 0.313 e. The number of hydrogen-bond acceptors (Lipinski definition) is 4. The summed E-state index contributed by atoms with van der Waals surface area (Å²) in [6, 6.07) is 13.3. The van der Waals surface area contributed by atoms with E-state index in [9.17, 15) is 4.79 Å². The van der Waals surface area contributed by atoms with E-state index in [1.807, 2.05) is 37.3 Å². The van der Waals surface area contributed by atoms with Crippen molar-refractivity contribution in [2.45, 2.75) is 56.7 Å². The van der Waals surface area contributed by atoms with Crippen molar-refractivity contribution >= 4 is 29.1 Å². The van der Waals surface area contributed by atoms with Gasteiger partial charge < -0.3 is 14.4 Å². The fraction of sp³-hybridized carbons (Fsp3) is 0.500. The maximum atomic E-state index is 12.7. The Balaban J connectivity index is 0.00000210. The van der Waals surface area contributed by atoms with Crippen LogP contribution in [0.25, 0.3) is 10.8 Å². The first kappa shape index (κ1) is 20.0. The van der Waals surface area contributed by atoms with E-state index in [1.165, 1.54) is 12.8 Å². The van der Waals surface area contributed by atoms with Gasteiger partial charge in [0.2, 0.25) is 0 Å². The van der Waals surface area contributed by atoms with Crippen molar-refractivity contribution in [2.75, 3.05) is 14.2 Å². The third kappa shape index (κ3) is 3.92. The summed E-state index contributed by atoms with van der Waals surface area (Å²) < 4.78 is 11.2. The highest BCUT2D eigenvalue weighted by Crippen LogP contribution is 2.36. The molecule has 2 bridgehead atoms. The van der Waals surface area contributed by atoms with E-state index in [2.05, 4.69) is 18.0 Å². The molecule has 0 amide bonds. The highest BCUT2D eigenvalue weighted by Gasteiger charge is 2.40. The number of carbonyl (C=O) groups excluding carboxylic acids is 1. The Labute approximate surface area is 167 Å². The summed E-state index contributed by atoms with van der Waals surface area (Å²) in [5, 5.41) is 2.22. The second-order valence-electron chi connectivity index (χ2n) is 7.77. The highest BCUT2D eigenvalue weighted by molar-refractivity contribution is 5.87. The van der Waals surface area contributed by atoms with E-state index >= 15 is 0 Å². The van der Waals surface area contributed by atoms with E-state index in [0.717, 1.165) is 34.9 Å². The summed E-state index contributed by atoms with van der Waals surface area (Å²) in [5.74, 6) is 0.486. The van der Waals surface area contributed by atoms with E-state index in [4.69, 9.17) is 9.47 Å². The van der Waals surface area contributed by atoms with Gasteiger partial charge >= 0.3 is 5.97 Å². The molecule has 146 valence electrons. The Morgan fingerprint density at radius 1 is 1.07 bits per heavy atom. The van der Waals surface area contributed by atoms with Crippen LogP contribution < -0.4 is 4.74 Å². The number of methoxy groups -OCH3 is 1. The van der Waals surface area contributed by atoms with Gasteiger partial charge in [0, 0.05) is 12.1 Å². The smallest absolute Gasteiger partial charge is 0.313 e.